The van der Waals surface area contributed by atoms with Crippen molar-refractivity contribution in [3.63, 3.8) is 0 Å². The van der Waals surface area contributed by atoms with Gasteiger partial charge in [-0.15, -0.1) is 0 Å². The van der Waals surface area contributed by atoms with E-state index in [0.29, 0.717) is 26.6 Å². The van der Waals surface area contributed by atoms with Crippen molar-refractivity contribution in [3.05, 3.63) is 93.2 Å². The molecule has 0 saturated heterocycles. The molecule has 0 unspecified atom stereocenters. The molecule has 0 aliphatic rings. The van der Waals surface area contributed by atoms with E-state index in [0.717, 1.165) is 22.0 Å². The Bertz CT molecular complexity index is 1410. The van der Waals surface area contributed by atoms with Crippen LogP contribution in [0.2, 0.25) is 10.0 Å². The summed E-state index contributed by atoms with van der Waals surface area (Å²) in [6.07, 6.45) is 0. The maximum atomic E-state index is 13.4. The Hall–Kier alpha value is -2.88. The number of benzene rings is 3. The van der Waals surface area contributed by atoms with Crippen molar-refractivity contribution in [3.8, 4) is 11.3 Å². The molecule has 5 aromatic rings. The van der Waals surface area contributed by atoms with Gasteiger partial charge in [0.15, 0.2) is 0 Å². The van der Waals surface area contributed by atoms with E-state index in [1.165, 1.54) is 0 Å². The summed E-state index contributed by atoms with van der Waals surface area (Å²) in [6, 6.07) is 22.5. The molecule has 0 fully saturated rings. The van der Waals surface area contributed by atoms with Gasteiger partial charge in [-0.25, -0.2) is 4.98 Å². The van der Waals surface area contributed by atoms with Crippen LogP contribution in [-0.4, -0.2) is 9.38 Å². The largest absolute Gasteiger partial charge is 0.268 e. The molecule has 2 heterocycles. The Morgan fingerprint density at radius 3 is 2.33 bits per heavy atom. The van der Waals surface area contributed by atoms with Crippen LogP contribution in [0.4, 0.5) is 0 Å². The van der Waals surface area contributed by atoms with Crippen molar-refractivity contribution in [2.75, 3.05) is 0 Å². The quantitative estimate of drug-likeness (QED) is 0.260. The fourth-order valence-corrected chi connectivity index (χ4v) is 4.02. The predicted octanol–water partition coefficient (Wildman–Crippen LogP) is 5.97. The maximum Gasteiger partial charge on any atom is 0.266 e. The maximum absolute atomic E-state index is 13.4. The lowest BCUT2D eigenvalue weighted by atomic mass is 10.1. The van der Waals surface area contributed by atoms with Crippen molar-refractivity contribution in [1.82, 2.24) is 9.38 Å². The lowest BCUT2D eigenvalue weighted by Gasteiger charge is -2.14. The molecule has 0 saturated carbocycles. The average molecular weight is 391 g/mol. The van der Waals surface area contributed by atoms with E-state index < -0.39 is 0 Å². The molecule has 3 nitrogen and oxygen atoms in total. The summed E-state index contributed by atoms with van der Waals surface area (Å²) in [5.74, 6) is 0. The third-order valence-corrected chi connectivity index (χ3v) is 5.23. The molecule has 5 rings (SSSR count). The van der Waals surface area contributed by atoms with E-state index in [1.807, 2.05) is 54.6 Å². The highest BCUT2D eigenvalue weighted by Crippen LogP contribution is 2.34. The molecule has 130 valence electrons. The second-order valence-electron chi connectivity index (χ2n) is 6.34. The Morgan fingerprint density at radius 2 is 1.52 bits per heavy atom. The minimum absolute atomic E-state index is 0.118. The SMILES string of the molecule is O=c1c2ccccc2nc2c3cc(Cl)cc(Cl)c3cc(-c3ccccc3)n12. The molecule has 0 spiro atoms. The van der Waals surface area contributed by atoms with E-state index in [9.17, 15) is 4.79 Å². The van der Waals surface area contributed by atoms with Gasteiger partial charge in [-0.05, 0) is 35.9 Å². The molecular weight excluding hydrogens is 379 g/mol. The summed E-state index contributed by atoms with van der Waals surface area (Å²) < 4.78 is 1.65. The highest BCUT2D eigenvalue weighted by Gasteiger charge is 2.16. The fraction of sp³-hybridized carbons (Fsp3) is 0. The number of nitrogens with zero attached hydrogens (tertiary/aromatic N) is 2. The van der Waals surface area contributed by atoms with Crippen LogP contribution in [0.25, 0.3) is 38.6 Å². The number of fused-ring (bicyclic) bond motifs is 4. The molecule has 0 bridgehead atoms. The van der Waals surface area contributed by atoms with E-state index in [-0.39, 0.29) is 5.56 Å². The molecule has 0 N–H and O–H groups in total. The number of rotatable bonds is 1. The van der Waals surface area contributed by atoms with E-state index in [1.54, 1.807) is 22.6 Å². The third-order valence-electron chi connectivity index (χ3n) is 4.70. The van der Waals surface area contributed by atoms with Gasteiger partial charge in [-0.3, -0.25) is 9.20 Å². The highest BCUT2D eigenvalue weighted by atomic mass is 35.5. The second kappa shape index (κ2) is 6.08. The van der Waals surface area contributed by atoms with Crippen molar-refractivity contribution >= 4 is 50.5 Å². The number of aromatic nitrogens is 2. The van der Waals surface area contributed by atoms with Crippen LogP contribution in [0.3, 0.4) is 0 Å². The molecule has 0 radical (unpaired) electrons. The summed E-state index contributed by atoms with van der Waals surface area (Å²) >= 11 is 12.7. The zero-order valence-electron chi connectivity index (χ0n) is 14.0. The first-order valence-electron chi connectivity index (χ1n) is 8.42. The van der Waals surface area contributed by atoms with Crippen LogP contribution >= 0.6 is 23.2 Å². The lowest BCUT2D eigenvalue weighted by Crippen LogP contribution is -2.17. The van der Waals surface area contributed by atoms with Crippen molar-refractivity contribution < 1.29 is 0 Å². The van der Waals surface area contributed by atoms with E-state index >= 15 is 0 Å². The summed E-state index contributed by atoms with van der Waals surface area (Å²) in [4.78, 5) is 18.1. The predicted molar refractivity (Wildman–Crippen MR) is 112 cm³/mol. The van der Waals surface area contributed by atoms with Crippen LogP contribution in [0, 0.1) is 0 Å². The van der Waals surface area contributed by atoms with E-state index in [4.69, 9.17) is 28.2 Å². The van der Waals surface area contributed by atoms with Crippen LogP contribution < -0.4 is 5.56 Å². The Balaban J connectivity index is 2.11. The second-order valence-corrected chi connectivity index (χ2v) is 7.18. The van der Waals surface area contributed by atoms with Gasteiger partial charge < -0.3 is 0 Å². The van der Waals surface area contributed by atoms with Gasteiger partial charge in [0.2, 0.25) is 0 Å². The number of hydrogen-bond donors (Lipinski definition) is 0. The summed E-state index contributed by atoms with van der Waals surface area (Å²) in [5.41, 5.74) is 2.72. The number of pyridine rings is 1. The molecule has 0 aliphatic heterocycles. The average Bonchev–Trinajstić information content (AvgIpc) is 2.68. The molecule has 2 aromatic heterocycles. The van der Waals surface area contributed by atoms with Crippen molar-refractivity contribution in [2.24, 2.45) is 0 Å². The summed E-state index contributed by atoms with van der Waals surface area (Å²) in [7, 11) is 0. The van der Waals surface area contributed by atoms with Crippen LogP contribution in [0.15, 0.2) is 77.6 Å². The van der Waals surface area contributed by atoms with Gasteiger partial charge in [0.05, 0.1) is 21.6 Å². The lowest BCUT2D eigenvalue weighted by molar-refractivity contribution is 1.10. The minimum Gasteiger partial charge on any atom is -0.268 e. The Labute approximate surface area is 164 Å². The van der Waals surface area contributed by atoms with E-state index in [2.05, 4.69) is 0 Å². The van der Waals surface area contributed by atoms with Crippen molar-refractivity contribution in [2.45, 2.75) is 0 Å². The molecule has 0 amide bonds. The third kappa shape index (κ3) is 2.51. The van der Waals surface area contributed by atoms with Crippen LogP contribution in [0.1, 0.15) is 0 Å². The zero-order valence-corrected chi connectivity index (χ0v) is 15.5. The van der Waals surface area contributed by atoms with Gasteiger partial charge in [0, 0.05) is 15.8 Å². The zero-order chi connectivity index (χ0) is 18.5. The molecule has 3 aromatic carbocycles. The smallest absolute Gasteiger partial charge is 0.266 e. The standard InChI is InChI=1S/C22H12Cl2N2O/c23-14-10-17-16(18(24)11-14)12-20(13-6-2-1-3-7-13)26-21(17)25-19-9-5-4-8-15(19)22(26)27/h1-12H. The van der Waals surface area contributed by atoms with Crippen LogP contribution in [-0.2, 0) is 0 Å². The Kier molecular flexibility index (Phi) is 3.67. The highest BCUT2D eigenvalue weighted by molar-refractivity contribution is 6.39. The topological polar surface area (TPSA) is 34.4 Å². The first-order valence-corrected chi connectivity index (χ1v) is 9.18. The van der Waals surface area contributed by atoms with Gasteiger partial charge in [0.25, 0.3) is 5.56 Å². The molecule has 0 atom stereocenters. The van der Waals surface area contributed by atoms with Crippen molar-refractivity contribution in [1.29, 1.82) is 0 Å². The molecule has 27 heavy (non-hydrogen) atoms. The van der Waals surface area contributed by atoms with Gasteiger partial charge in [-0.2, -0.15) is 0 Å². The number of halogens is 2. The number of para-hydroxylation sites is 1. The molecule has 0 aliphatic carbocycles. The monoisotopic (exact) mass is 390 g/mol. The molecule has 5 heteroatoms. The normalized spacial score (nSPS) is 11.5. The van der Waals surface area contributed by atoms with Crippen LogP contribution in [0.5, 0.6) is 0 Å². The number of hydrogen-bond acceptors (Lipinski definition) is 2. The first-order chi connectivity index (χ1) is 13.1. The minimum atomic E-state index is -0.118. The summed E-state index contributed by atoms with van der Waals surface area (Å²) in [6.45, 7) is 0. The first kappa shape index (κ1) is 16.3. The Morgan fingerprint density at radius 1 is 0.778 bits per heavy atom. The summed E-state index contributed by atoms with van der Waals surface area (Å²) in [5, 5.41) is 3.15. The fourth-order valence-electron chi connectivity index (χ4n) is 3.48. The molecular formula is C22H12Cl2N2O. The van der Waals surface area contributed by atoms with Gasteiger partial charge >= 0.3 is 0 Å². The van der Waals surface area contributed by atoms with Gasteiger partial charge in [0.1, 0.15) is 5.65 Å². The van der Waals surface area contributed by atoms with Gasteiger partial charge in [-0.1, -0.05) is 65.7 Å².